The number of benzene rings is 1. The summed E-state index contributed by atoms with van der Waals surface area (Å²) < 4.78 is 25.5. The van der Waals surface area contributed by atoms with E-state index in [0.29, 0.717) is 6.42 Å². The minimum Gasteiger partial charge on any atom is -0.312 e. The van der Waals surface area contributed by atoms with Crippen molar-refractivity contribution in [1.82, 2.24) is 5.32 Å². The molecule has 0 aliphatic heterocycles. The van der Waals surface area contributed by atoms with Gasteiger partial charge in [-0.25, -0.2) is 8.78 Å². The Kier molecular flexibility index (Phi) is 4.11. The van der Waals surface area contributed by atoms with Gasteiger partial charge in [0.05, 0.1) is 6.04 Å². The maximum Gasteiger partial charge on any atom is 0.253 e. The average Bonchev–Trinajstić information content (AvgIpc) is 2.35. The molecule has 2 unspecified atom stereocenters. The van der Waals surface area contributed by atoms with Crippen LogP contribution in [0.15, 0.2) is 24.3 Å². The van der Waals surface area contributed by atoms with Crippen molar-refractivity contribution in [2.45, 2.75) is 44.1 Å². The van der Waals surface area contributed by atoms with Crippen LogP contribution in [0.25, 0.3) is 0 Å². The van der Waals surface area contributed by atoms with E-state index in [1.807, 2.05) is 12.1 Å². The van der Waals surface area contributed by atoms with Crippen LogP contribution in [0.1, 0.15) is 36.3 Å². The molecule has 1 aromatic carbocycles. The monoisotopic (exact) mass is 239 g/mol. The third-order valence-electron chi connectivity index (χ3n) is 3.71. The molecular formula is C14H19F2N. The number of rotatable bonds is 4. The molecule has 1 aromatic rings. The van der Waals surface area contributed by atoms with Gasteiger partial charge in [0.1, 0.15) is 0 Å². The predicted molar refractivity (Wildman–Crippen MR) is 65.6 cm³/mol. The van der Waals surface area contributed by atoms with Crippen molar-refractivity contribution in [3.05, 3.63) is 35.4 Å². The third-order valence-corrected chi connectivity index (χ3v) is 3.71. The summed E-state index contributed by atoms with van der Waals surface area (Å²) in [7, 11) is 1.62. The predicted octanol–water partition coefficient (Wildman–Crippen LogP) is 3.35. The highest BCUT2D eigenvalue weighted by Crippen LogP contribution is 2.35. The van der Waals surface area contributed by atoms with E-state index in [0.717, 1.165) is 19.3 Å². The zero-order chi connectivity index (χ0) is 12.3. The molecule has 2 atom stereocenters. The highest BCUT2D eigenvalue weighted by molar-refractivity contribution is 5.32. The molecule has 2 rings (SSSR count). The van der Waals surface area contributed by atoms with Crippen molar-refractivity contribution in [1.29, 1.82) is 0 Å². The van der Waals surface area contributed by atoms with Gasteiger partial charge in [0.2, 0.25) is 0 Å². The third kappa shape index (κ3) is 2.83. The van der Waals surface area contributed by atoms with Gasteiger partial charge in [-0.2, -0.15) is 0 Å². The van der Waals surface area contributed by atoms with Crippen molar-refractivity contribution in [2.75, 3.05) is 7.05 Å². The molecule has 1 N–H and O–H groups in total. The second-order valence-corrected chi connectivity index (χ2v) is 4.75. The summed E-state index contributed by atoms with van der Waals surface area (Å²) in [6.45, 7) is 0. The topological polar surface area (TPSA) is 12.0 Å². The summed E-state index contributed by atoms with van der Waals surface area (Å²) >= 11 is 0. The Hall–Kier alpha value is -0.960. The molecule has 0 radical (unpaired) electrons. The number of hydrogen-bond acceptors (Lipinski definition) is 1. The lowest BCUT2D eigenvalue weighted by molar-refractivity contribution is 0.0932. The maximum atomic E-state index is 12.8. The number of aryl methyl sites for hydroxylation is 1. The highest BCUT2D eigenvalue weighted by Gasteiger charge is 2.26. The number of halogens is 2. The molecule has 0 spiro atoms. The van der Waals surface area contributed by atoms with Crippen LogP contribution in [0.5, 0.6) is 0 Å². The Morgan fingerprint density at radius 3 is 2.82 bits per heavy atom. The van der Waals surface area contributed by atoms with Crippen molar-refractivity contribution in [3.8, 4) is 0 Å². The van der Waals surface area contributed by atoms with Crippen LogP contribution in [0.4, 0.5) is 8.78 Å². The maximum absolute atomic E-state index is 12.8. The molecule has 0 saturated carbocycles. The SMILES string of the molecule is CNC(CC1CCCc2ccccc21)C(F)F. The molecule has 3 heteroatoms. The van der Waals surface area contributed by atoms with Gasteiger partial charge in [0.15, 0.2) is 0 Å². The van der Waals surface area contributed by atoms with Gasteiger partial charge in [0, 0.05) is 0 Å². The van der Waals surface area contributed by atoms with Gasteiger partial charge in [-0.05, 0) is 49.8 Å². The van der Waals surface area contributed by atoms with E-state index in [2.05, 4.69) is 17.4 Å². The highest BCUT2D eigenvalue weighted by atomic mass is 19.3. The van der Waals surface area contributed by atoms with E-state index < -0.39 is 12.5 Å². The minimum absolute atomic E-state index is 0.284. The molecule has 1 aliphatic rings. The standard InChI is InChI=1S/C14H19F2N/c1-17-13(14(15)16)9-11-7-4-6-10-5-2-3-8-12(10)11/h2-3,5,8,11,13-14,17H,4,6-7,9H2,1H3. The van der Waals surface area contributed by atoms with Gasteiger partial charge in [0.25, 0.3) is 6.43 Å². The summed E-state index contributed by atoms with van der Waals surface area (Å²) in [6, 6.07) is 7.57. The van der Waals surface area contributed by atoms with E-state index in [4.69, 9.17) is 0 Å². The Bertz CT molecular complexity index is 365. The first kappa shape index (κ1) is 12.5. The molecule has 0 aromatic heterocycles. The summed E-state index contributed by atoms with van der Waals surface area (Å²) in [5.74, 6) is 0.284. The lowest BCUT2D eigenvalue weighted by Gasteiger charge is -2.28. The van der Waals surface area contributed by atoms with E-state index in [9.17, 15) is 8.78 Å². The first-order valence-electron chi connectivity index (χ1n) is 6.25. The summed E-state index contributed by atoms with van der Waals surface area (Å²) in [4.78, 5) is 0. The van der Waals surface area contributed by atoms with Crippen LogP contribution in [0, 0.1) is 0 Å². The van der Waals surface area contributed by atoms with Crippen LogP contribution in [-0.2, 0) is 6.42 Å². The molecule has 0 amide bonds. The Morgan fingerprint density at radius 2 is 2.12 bits per heavy atom. The van der Waals surface area contributed by atoms with Crippen LogP contribution in [-0.4, -0.2) is 19.5 Å². The molecule has 94 valence electrons. The Labute approximate surface area is 101 Å². The molecule has 1 aliphatic carbocycles. The molecule has 0 saturated heterocycles. The second-order valence-electron chi connectivity index (χ2n) is 4.75. The summed E-state index contributed by atoms with van der Waals surface area (Å²) in [6.07, 6.45) is 1.48. The zero-order valence-electron chi connectivity index (χ0n) is 10.1. The average molecular weight is 239 g/mol. The lowest BCUT2D eigenvalue weighted by atomic mass is 9.79. The van der Waals surface area contributed by atoms with Crippen LogP contribution in [0.3, 0.4) is 0 Å². The quantitative estimate of drug-likeness (QED) is 0.849. The summed E-state index contributed by atoms with van der Waals surface area (Å²) in [5, 5.41) is 2.73. The van der Waals surface area contributed by atoms with Crippen LogP contribution in [0.2, 0.25) is 0 Å². The summed E-state index contributed by atoms with van der Waals surface area (Å²) in [5.41, 5.74) is 2.62. The largest absolute Gasteiger partial charge is 0.312 e. The van der Waals surface area contributed by atoms with Crippen molar-refractivity contribution in [3.63, 3.8) is 0 Å². The second kappa shape index (κ2) is 5.58. The fourth-order valence-corrected chi connectivity index (χ4v) is 2.75. The van der Waals surface area contributed by atoms with Gasteiger partial charge >= 0.3 is 0 Å². The molecule has 0 bridgehead atoms. The van der Waals surface area contributed by atoms with E-state index >= 15 is 0 Å². The molecule has 17 heavy (non-hydrogen) atoms. The smallest absolute Gasteiger partial charge is 0.253 e. The normalized spacial score (nSPS) is 21.3. The number of nitrogens with one attached hydrogen (secondary N) is 1. The van der Waals surface area contributed by atoms with Crippen molar-refractivity contribution < 1.29 is 8.78 Å². The van der Waals surface area contributed by atoms with Crippen molar-refractivity contribution in [2.24, 2.45) is 0 Å². The van der Waals surface area contributed by atoms with Gasteiger partial charge in [-0.3, -0.25) is 0 Å². The van der Waals surface area contributed by atoms with Crippen molar-refractivity contribution >= 4 is 0 Å². The van der Waals surface area contributed by atoms with E-state index in [1.54, 1.807) is 7.05 Å². The van der Waals surface area contributed by atoms with Gasteiger partial charge < -0.3 is 5.32 Å². The zero-order valence-corrected chi connectivity index (χ0v) is 10.1. The van der Waals surface area contributed by atoms with Gasteiger partial charge in [-0.15, -0.1) is 0 Å². The van der Waals surface area contributed by atoms with E-state index in [1.165, 1.54) is 11.1 Å². The van der Waals surface area contributed by atoms with Crippen LogP contribution < -0.4 is 5.32 Å². The minimum atomic E-state index is -2.28. The molecular weight excluding hydrogens is 220 g/mol. The lowest BCUT2D eigenvalue weighted by Crippen LogP contribution is -2.34. The molecule has 0 fully saturated rings. The first-order valence-corrected chi connectivity index (χ1v) is 6.25. The Morgan fingerprint density at radius 1 is 1.35 bits per heavy atom. The number of alkyl halides is 2. The fraction of sp³-hybridized carbons (Fsp3) is 0.571. The molecule has 1 nitrogen and oxygen atoms in total. The van der Waals surface area contributed by atoms with E-state index in [-0.39, 0.29) is 5.92 Å². The first-order chi connectivity index (χ1) is 8.22. The van der Waals surface area contributed by atoms with Crippen LogP contribution >= 0.6 is 0 Å². The number of fused-ring (bicyclic) bond motifs is 1. The van der Waals surface area contributed by atoms with Gasteiger partial charge in [-0.1, -0.05) is 24.3 Å². The number of hydrogen-bond donors (Lipinski definition) is 1. The Balaban J connectivity index is 2.13. The fourth-order valence-electron chi connectivity index (χ4n) is 2.75. The molecule has 0 heterocycles.